The molecule has 0 aliphatic heterocycles. The fraction of sp³-hybridized carbons (Fsp3) is 0.571. The van der Waals surface area contributed by atoms with Crippen molar-refractivity contribution in [1.29, 1.82) is 0 Å². The van der Waals surface area contributed by atoms with E-state index < -0.39 is 0 Å². The first kappa shape index (κ1) is 13.8. The van der Waals surface area contributed by atoms with E-state index in [9.17, 15) is 4.79 Å². The topological polar surface area (TPSA) is 51.3 Å². The van der Waals surface area contributed by atoms with Crippen molar-refractivity contribution in [3.8, 4) is 0 Å². The molecule has 2 aromatic rings. The second-order valence-electron chi connectivity index (χ2n) is 4.87. The standard InChI is InChI=1S/C14H22N4O/c1-3-4-5-6-15-7-8-17-9-10-18-13(14(17)19)11-12(2)16-18/h9-11,15H,3-8H2,1-2H3. The molecule has 0 bridgehead atoms. The van der Waals surface area contributed by atoms with Gasteiger partial charge in [0, 0.05) is 25.5 Å². The van der Waals surface area contributed by atoms with Gasteiger partial charge >= 0.3 is 0 Å². The highest BCUT2D eigenvalue weighted by Crippen LogP contribution is 1.99. The zero-order valence-corrected chi connectivity index (χ0v) is 11.7. The van der Waals surface area contributed by atoms with E-state index in [-0.39, 0.29) is 5.56 Å². The van der Waals surface area contributed by atoms with Gasteiger partial charge in [-0.2, -0.15) is 5.10 Å². The average molecular weight is 262 g/mol. The van der Waals surface area contributed by atoms with E-state index >= 15 is 0 Å². The summed E-state index contributed by atoms with van der Waals surface area (Å²) in [4.78, 5) is 12.2. The highest BCUT2D eigenvalue weighted by atomic mass is 16.1. The van der Waals surface area contributed by atoms with E-state index in [1.165, 1.54) is 19.3 Å². The van der Waals surface area contributed by atoms with Gasteiger partial charge in [0.25, 0.3) is 5.56 Å². The molecule has 0 atom stereocenters. The summed E-state index contributed by atoms with van der Waals surface area (Å²) in [6.45, 7) is 6.64. The smallest absolute Gasteiger partial charge is 0.276 e. The largest absolute Gasteiger partial charge is 0.315 e. The van der Waals surface area contributed by atoms with Crippen molar-refractivity contribution in [2.24, 2.45) is 0 Å². The minimum atomic E-state index is 0.0264. The molecule has 5 heteroatoms. The van der Waals surface area contributed by atoms with Gasteiger partial charge in [0.15, 0.2) is 0 Å². The number of unbranched alkanes of at least 4 members (excludes halogenated alkanes) is 2. The molecule has 0 aliphatic rings. The highest BCUT2D eigenvalue weighted by molar-refractivity contribution is 5.44. The molecule has 0 radical (unpaired) electrons. The van der Waals surface area contributed by atoms with Gasteiger partial charge in [-0.05, 0) is 26.0 Å². The Morgan fingerprint density at radius 2 is 2.11 bits per heavy atom. The Kier molecular flexibility index (Phi) is 4.74. The monoisotopic (exact) mass is 262 g/mol. The fourth-order valence-electron chi connectivity index (χ4n) is 2.15. The van der Waals surface area contributed by atoms with Gasteiger partial charge in [-0.15, -0.1) is 0 Å². The fourth-order valence-corrected chi connectivity index (χ4v) is 2.15. The minimum Gasteiger partial charge on any atom is -0.315 e. The lowest BCUT2D eigenvalue weighted by atomic mass is 10.2. The zero-order chi connectivity index (χ0) is 13.7. The second kappa shape index (κ2) is 6.52. The van der Waals surface area contributed by atoms with Gasteiger partial charge in [0.2, 0.25) is 0 Å². The van der Waals surface area contributed by atoms with Crippen molar-refractivity contribution in [2.45, 2.75) is 39.7 Å². The van der Waals surface area contributed by atoms with Crippen LogP contribution in [0.1, 0.15) is 31.9 Å². The Hall–Kier alpha value is -1.62. The van der Waals surface area contributed by atoms with Crippen molar-refractivity contribution in [2.75, 3.05) is 13.1 Å². The molecule has 0 aromatic carbocycles. The number of aromatic nitrogens is 3. The van der Waals surface area contributed by atoms with Crippen LogP contribution >= 0.6 is 0 Å². The van der Waals surface area contributed by atoms with E-state index in [1.54, 1.807) is 15.3 Å². The number of rotatable bonds is 7. The molecule has 19 heavy (non-hydrogen) atoms. The van der Waals surface area contributed by atoms with Crippen LogP contribution < -0.4 is 10.9 Å². The first-order chi connectivity index (χ1) is 9.22. The predicted octanol–water partition coefficient (Wildman–Crippen LogP) is 1.58. The molecule has 2 heterocycles. The molecule has 0 saturated carbocycles. The highest BCUT2D eigenvalue weighted by Gasteiger charge is 2.04. The van der Waals surface area contributed by atoms with Crippen LogP contribution in [0.5, 0.6) is 0 Å². The van der Waals surface area contributed by atoms with Crippen LogP contribution in [0, 0.1) is 6.92 Å². The number of nitrogens with one attached hydrogen (secondary N) is 1. The SMILES string of the molecule is CCCCCNCCn1ccn2nc(C)cc2c1=O. The van der Waals surface area contributed by atoms with E-state index in [0.29, 0.717) is 12.1 Å². The van der Waals surface area contributed by atoms with Gasteiger partial charge in [-0.1, -0.05) is 19.8 Å². The van der Waals surface area contributed by atoms with Crippen LogP contribution in [0.2, 0.25) is 0 Å². The summed E-state index contributed by atoms with van der Waals surface area (Å²) in [5.41, 5.74) is 1.54. The van der Waals surface area contributed by atoms with E-state index in [4.69, 9.17) is 0 Å². The van der Waals surface area contributed by atoms with Gasteiger partial charge in [0.05, 0.1) is 5.69 Å². The Bertz CT molecular complexity index is 585. The zero-order valence-electron chi connectivity index (χ0n) is 11.7. The Labute approximate surface area is 113 Å². The third-order valence-corrected chi connectivity index (χ3v) is 3.21. The van der Waals surface area contributed by atoms with E-state index in [1.807, 2.05) is 19.2 Å². The molecule has 0 fully saturated rings. The molecule has 0 amide bonds. The number of fused-ring (bicyclic) bond motifs is 1. The summed E-state index contributed by atoms with van der Waals surface area (Å²) in [5.74, 6) is 0. The predicted molar refractivity (Wildman–Crippen MR) is 76.6 cm³/mol. The number of aryl methyl sites for hydroxylation is 1. The third kappa shape index (κ3) is 3.44. The number of hydrogen-bond acceptors (Lipinski definition) is 3. The van der Waals surface area contributed by atoms with Crippen LogP contribution in [-0.2, 0) is 6.54 Å². The van der Waals surface area contributed by atoms with Crippen molar-refractivity contribution < 1.29 is 0 Å². The van der Waals surface area contributed by atoms with E-state index in [2.05, 4.69) is 17.3 Å². The lowest BCUT2D eigenvalue weighted by Gasteiger charge is -2.07. The molecule has 5 nitrogen and oxygen atoms in total. The van der Waals surface area contributed by atoms with Gasteiger partial charge in [-0.3, -0.25) is 4.79 Å². The van der Waals surface area contributed by atoms with Crippen molar-refractivity contribution in [1.82, 2.24) is 19.5 Å². The maximum absolute atomic E-state index is 12.2. The molecule has 0 saturated heterocycles. The van der Waals surface area contributed by atoms with Gasteiger partial charge in [-0.25, -0.2) is 4.52 Å². The third-order valence-electron chi connectivity index (χ3n) is 3.21. The lowest BCUT2D eigenvalue weighted by Crippen LogP contribution is -2.28. The summed E-state index contributed by atoms with van der Waals surface area (Å²) in [5, 5.41) is 7.60. The van der Waals surface area contributed by atoms with Crippen molar-refractivity contribution >= 4 is 5.52 Å². The molecule has 0 unspecified atom stereocenters. The van der Waals surface area contributed by atoms with Gasteiger partial charge < -0.3 is 9.88 Å². The molecular formula is C14H22N4O. The van der Waals surface area contributed by atoms with Crippen molar-refractivity contribution in [3.05, 3.63) is 34.5 Å². The van der Waals surface area contributed by atoms with E-state index in [0.717, 1.165) is 18.8 Å². The lowest BCUT2D eigenvalue weighted by molar-refractivity contribution is 0.560. The Morgan fingerprint density at radius 1 is 1.26 bits per heavy atom. The molecule has 0 spiro atoms. The summed E-state index contributed by atoms with van der Waals surface area (Å²) in [6.07, 6.45) is 7.33. The Balaban J connectivity index is 1.94. The summed E-state index contributed by atoms with van der Waals surface area (Å²) in [7, 11) is 0. The summed E-state index contributed by atoms with van der Waals surface area (Å²) in [6, 6.07) is 1.83. The van der Waals surface area contributed by atoms with Crippen LogP contribution in [0.4, 0.5) is 0 Å². The molecule has 1 N–H and O–H groups in total. The van der Waals surface area contributed by atoms with Crippen LogP contribution in [0.25, 0.3) is 5.52 Å². The van der Waals surface area contributed by atoms with Crippen LogP contribution in [0.3, 0.4) is 0 Å². The quantitative estimate of drug-likeness (QED) is 0.771. The normalized spacial score (nSPS) is 11.3. The maximum atomic E-state index is 12.2. The minimum absolute atomic E-state index is 0.0264. The molecule has 104 valence electrons. The second-order valence-corrected chi connectivity index (χ2v) is 4.87. The first-order valence-corrected chi connectivity index (χ1v) is 6.98. The Morgan fingerprint density at radius 3 is 2.89 bits per heavy atom. The molecule has 0 aliphatic carbocycles. The summed E-state index contributed by atoms with van der Waals surface area (Å²) < 4.78 is 3.38. The van der Waals surface area contributed by atoms with Crippen molar-refractivity contribution in [3.63, 3.8) is 0 Å². The average Bonchev–Trinajstić information content (AvgIpc) is 2.77. The number of hydrogen-bond donors (Lipinski definition) is 1. The molecule has 2 rings (SSSR count). The molecule has 2 aromatic heterocycles. The first-order valence-electron chi connectivity index (χ1n) is 6.98. The summed E-state index contributed by atoms with van der Waals surface area (Å²) >= 11 is 0. The number of nitrogens with zero attached hydrogens (tertiary/aromatic N) is 3. The van der Waals surface area contributed by atoms with Gasteiger partial charge in [0.1, 0.15) is 5.52 Å². The van der Waals surface area contributed by atoms with Crippen LogP contribution in [0.15, 0.2) is 23.3 Å². The maximum Gasteiger partial charge on any atom is 0.276 e. The van der Waals surface area contributed by atoms with Crippen LogP contribution in [-0.4, -0.2) is 27.3 Å². The molecular weight excluding hydrogens is 240 g/mol.